The van der Waals surface area contributed by atoms with Crippen molar-refractivity contribution in [2.24, 2.45) is 16.7 Å². The highest BCUT2D eigenvalue weighted by Gasteiger charge is 2.50. The van der Waals surface area contributed by atoms with E-state index >= 15 is 0 Å². The molecule has 5 aromatic rings. The molecule has 18 heteroatoms. The molecule has 3 amide bonds. The van der Waals surface area contributed by atoms with Crippen LogP contribution in [0.3, 0.4) is 0 Å². The van der Waals surface area contributed by atoms with Gasteiger partial charge in [0, 0.05) is 80.7 Å². The molecule has 0 radical (unpaired) electrons. The Morgan fingerprint density at radius 1 is 0.914 bits per heavy atom. The number of aliphatic hydroxyl groups is 1. The predicted octanol–water partition coefficient (Wildman–Crippen LogP) is 5.56. The van der Waals surface area contributed by atoms with Crippen molar-refractivity contribution in [2.45, 2.75) is 117 Å². The lowest BCUT2D eigenvalue weighted by Gasteiger charge is -2.52. The van der Waals surface area contributed by atoms with Crippen LogP contribution in [-0.2, 0) is 27.5 Å². The number of phenolic OH excluding ortho intramolecular Hbond substituents is 1. The van der Waals surface area contributed by atoms with Crippen molar-refractivity contribution in [3.8, 4) is 27.4 Å². The summed E-state index contributed by atoms with van der Waals surface area (Å²) in [6, 6.07) is 15.4. The summed E-state index contributed by atoms with van der Waals surface area (Å²) in [7, 11) is 0. The first-order chi connectivity index (χ1) is 33.4. The van der Waals surface area contributed by atoms with Gasteiger partial charge in [0.1, 0.15) is 17.8 Å². The number of aliphatic hydroxyl groups excluding tert-OH is 1. The fraction of sp³-hybridized carbons (Fsp3) is 0.500. The van der Waals surface area contributed by atoms with E-state index in [2.05, 4.69) is 54.4 Å². The summed E-state index contributed by atoms with van der Waals surface area (Å²) in [5.74, 6) is 0.172. The van der Waals surface area contributed by atoms with Crippen LogP contribution in [0.4, 0.5) is 17.5 Å². The second kappa shape index (κ2) is 19.9. The molecule has 70 heavy (non-hydrogen) atoms. The molecule has 1 saturated carbocycles. The summed E-state index contributed by atoms with van der Waals surface area (Å²) in [6.45, 7) is 16.3. The van der Waals surface area contributed by atoms with Crippen LogP contribution in [0.1, 0.15) is 83.5 Å². The number of aryl methyl sites for hydroxylation is 1. The van der Waals surface area contributed by atoms with Crippen molar-refractivity contribution in [3.05, 3.63) is 89.3 Å². The maximum absolute atomic E-state index is 14.3. The Kier molecular flexibility index (Phi) is 13.8. The zero-order valence-electron chi connectivity index (χ0n) is 41.0. The van der Waals surface area contributed by atoms with Crippen molar-refractivity contribution in [1.82, 2.24) is 45.6 Å². The Morgan fingerprint density at radius 3 is 2.24 bits per heavy atom. The van der Waals surface area contributed by atoms with Crippen molar-refractivity contribution < 1.29 is 24.6 Å². The number of nitrogens with two attached hydrogens (primary N) is 1. The van der Waals surface area contributed by atoms with Gasteiger partial charge in [-0.05, 0) is 99.7 Å². The van der Waals surface area contributed by atoms with Crippen LogP contribution in [0.25, 0.3) is 21.7 Å². The molecule has 9 rings (SSSR count). The highest BCUT2D eigenvalue weighted by Crippen LogP contribution is 2.53. The predicted molar refractivity (Wildman–Crippen MR) is 271 cm³/mol. The van der Waals surface area contributed by atoms with Crippen LogP contribution in [-0.4, -0.2) is 126 Å². The third-order valence-corrected chi connectivity index (χ3v) is 15.9. The number of β-amino-alcohol motifs (C(OH)–C–C–N with tert-alkyl or cyclic N) is 1. The van der Waals surface area contributed by atoms with Crippen LogP contribution in [0, 0.1) is 23.7 Å². The van der Waals surface area contributed by atoms with E-state index in [1.165, 1.54) is 4.90 Å². The summed E-state index contributed by atoms with van der Waals surface area (Å²) in [4.78, 5) is 65.3. The number of thiazole rings is 1. The molecular weight excluding hydrogens is 905 g/mol. The zero-order valence-corrected chi connectivity index (χ0v) is 41.8. The SMILES string of the molecule is Cc1ncsc1-c1ccc(CNC(=O)[C@@H]2C[C@@H](O)CN2C(=O)[C@@H](NC(=O)C2CC3(CCN(Cc4cnc(N5C(C)CN(c6cc(-c7ccccc7O)nnc6N)CC5C)nc4)CC3)C2)C(C)(C)C)cc1. The number of anilines is 3. The van der Waals surface area contributed by atoms with Gasteiger partial charge in [0.25, 0.3) is 0 Å². The van der Waals surface area contributed by atoms with Gasteiger partial charge < -0.3 is 41.3 Å². The number of hydrogen-bond acceptors (Lipinski definition) is 15. The van der Waals surface area contributed by atoms with E-state index in [9.17, 15) is 24.6 Å². The van der Waals surface area contributed by atoms with Crippen molar-refractivity contribution >= 4 is 46.5 Å². The molecule has 370 valence electrons. The average molecular weight is 971 g/mol. The molecular formula is C52H66N12O5S. The van der Waals surface area contributed by atoms with E-state index in [1.807, 2.05) is 88.1 Å². The van der Waals surface area contributed by atoms with E-state index in [0.717, 1.165) is 78.3 Å². The monoisotopic (exact) mass is 970 g/mol. The first-order valence-electron chi connectivity index (χ1n) is 24.5. The fourth-order valence-corrected chi connectivity index (χ4v) is 11.8. The summed E-state index contributed by atoms with van der Waals surface area (Å²) >= 11 is 1.59. The molecule has 1 spiro atoms. The molecule has 4 aliphatic rings. The minimum atomic E-state index is -0.860. The number of phenols is 1. The standard InChI is InChI=1S/C52H66N12O5S/c1-31-26-62(41-20-40(59-60-46(41)53)39-9-7-8-10-43(39)66)27-32(2)64(31)50-55-24-35(25-56-50)28-61-17-15-52(16-18-61)21-37(22-52)47(67)58-45(51(4,5)6)49(69)63-29-38(65)19-42(63)48(68)54-23-34-11-13-36(14-12-34)44-33(3)57-30-70-44/h7-14,20,24-25,30-32,37-38,42,45,65-66H,15-19,21-23,26-29H2,1-6H3,(H2,53,60)(H,54,68)(H,58,67)/t31?,32?,38-,42+,45-/m1/s1. The number of nitrogen functional groups attached to an aromatic ring is 1. The molecule has 17 nitrogen and oxygen atoms in total. The van der Waals surface area contributed by atoms with Gasteiger partial charge in [0.2, 0.25) is 23.7 Å². The Balaban J connectivity index is 0.740. The third-order valence-electron chi connectivity index (χ3n) is 14.9. The van der Waals surface area contributed by atoms with Gasteiger partial charge in [-0.15, -0.1) is 21.5 Å². The largest absolute Gasteiger partial charge is 0.507 e. The number of aromatic nitrogens is 5. The van der Waals surface area contributed by atoms with Gasteiger partial charge in [-0.1, -0.05) is 57.2 Å². The topological polar surface area (TPSA) is 219 Å². The molecule has 6 N–H and O–H groups in total. The first-order valence-corrected chi connectivity index (χ1v) is 25.4. The van der Waals surface area contributed by atoms with Crippen LogP contribution in [0.2, 0.25) is 0 Å². The number of carbonyl (C=O) groups is 3. The summed E-state index contributed by atoms with van der Waals surface area (Å²) in [6.07, 6.45) is 6.69. The minimum Gasteiger partial charge on any atom is -0.507 e. The van der Waals surface area contributed by atoms with Gasteiger partial charge >= 0.3 is 0 Å². The molecule has 3 aromatic heterocycles. The highest BCUT2D eigenvalue weighted by molar-refractivity contribution is 7.13. The normalized spacial score (nSPS) is 22.2. The number of aromatic hydroxyl groups is 1. The number of para-hydroxylation sites is 1. The minimum absolute atomic E-state index is 0.0322. The van der Waals surface area contributed by atoms with Crippen LogP contribution < -0.4 is 26.2 Å². The molecule has 3 aliphatic heterocycles. The first kappa shape index (κ1) is 48.8. The van der Waals surface area contributed by atoms with Gasteiger partial charge in [0.15, 0.2) is 5.82 Å². The number of carbonyl (C=O) groups excluding carboxylic acids is 3. The Labute approximate surface area is 413 Å². The maximum atomic E-state index is 14.3. The molecule has 6 heterocycles. The Morgan fingerprint density at radius 2 is 1.60 bits per heavy atom. The van der Waals surface area contributed by atoms with Gasteiger partial charge in [-0.2, -0.15) is 0 Å². The number of amides is 3. The lowest BCUT2D eigenvalue weighted by molar-refractivity contribution is -0.146. The lowest BCUT2D eigenvalue weighted by Crippen LogP contribution is -2.60. The molecule has 2 aromatic carbocycles. The number of nitrogens with zero attached hydrogens (tertiary/aromatic N) is 9. The smallest absolute Gasteiger partial charge is 0.246 e. The zero-order chi connectivity index (χ0) is 49.5. The van der Waals surface area contributed by atoms with E-state index in [-0.39, 0.29) is 66.4 Å². The van der Waals surface area contributed by atoms with E-state index < -0.39 is 23.6 Å². The summed E-state index contributed by atoms with van der Waals surface area (Å²) in [5.41, 5.74) is 13.6. The maximum Gasteiger partial charge on any atom is 0.246 e. The summed E-state index contributed by atoms with van der Waals surface area (Å²) in [5, 5.41) is 35.7. The average Bonchev–Trinajstić information content (AvgIpc) is 3.94. The van der Waals surface area contributed by atoms with Crippen LogP contribution >= 0.6 is 11.3 Å². The van der Waals surface area contributed by atoms with Crippen LogP contribution in [0.15, 0.2) is 72.5 Å². The second-order valence-electron chi connectivity index (χ2n) is 21.2. The number of likely N-dealkylation sites (tertiary alicyclic amines) is 2. The molecule has 5 atom stereocenters. The van der Waals surface area contributed by atoms with Gasteiger partial charge in [-0.3, -0.25) is 19.3 Å². The number of hydrogen-bond donors (Lipinski definition) is 5. The molecule has 2 unspecified atom stereocenters. The second-order valence-corrected chi connectivity index (χ2v) is 22.0. The molecule has 3 saturated heterocycles. The van der Waals surface area contributed by atoms with E-state index in [4.69, 9.17) is 15.7 Å². The number of benzene rings is 2. The molecule has 1 aliphatic carbocycles. The van der Waals surface area contributed by atoms with Gasteiger partial charge in [0.05, 0.1) is 33.6 Å². The van der Waals surface area contributed by atoms with Crippen molar-refractivity contribution in [1.29, 1.82) is 0 Å². The number of rotatable bonds is 12. The van der Waals surface area contributed by atoms with E-state index in [0.29, 0.717) is 36.1 Å². The van der Waals surface area contributed by atoms with Crippen LogP contribution in [0.5, 0.6) is 5.75 Å². The van der Waals surface area contributed by atoms with E-state index in [1.54, 1.807) is 23.5 Å². The molecule has 0 bridgehead atoms. The summed E-state index contributed by atoms with van der Waals surface area (Å²) < 4.78 is 0. The van der Waals surface area contributed by atoms with Crippen molar-refractivity contribution in [3.63, 3.8) is 0 Å². The van der Waals surface area contributed by atoms with Gasteiger partial charge in [-0.25, -0.2) is 15.0 Å². The quantitative estimate of drug-likeness (QED) is 0.104. The lowest BCUT2D eigenvalue weighted by atomic mass is 9.57. The fourth-order valence-electron chi connectivity index (χ4n) is 11.0. The van der Waals surface area contributed by atoms with Crippen molar-refractivity contribution in [2.75, 3.05) is 48.3 Å². The highest BCUT2D eigenvalue weighted by atomic mass is 32.1. The number of piperidine rings is 1. The third kappa shape index (κ3) is 10.3. The number of nitrogens with one attached hydrogen (secondary N) is 2. The Hall–Kier alpha value is -6.24. The Bertz CT molecular complexity index is 2660. The molecule has 4 fully saturated rings. The number of piperazine rings is 1.